The van der Waals surface area contributed by atoms with Crippen LogP contribution in [0.5, 0.6) is 5.75 Å². The third kappa shape index (κ3) is 9.28. The van der Waals surface area contributed by atoms with E-state index in [1.165, 1.54) is 33.2 Å². The van der Waals surface area contributed by atoms with Crippen LogP contribution in [0.2, 0.25) is 0 Å². The van der Waals surface area contributed by atoms with Gasteiger partial charge in [0.25, 0.3) is 0 Å². The number of rotatable bonds is 14. The molecule has 4 atom stereocenters. The topological polar surface area (TPSA) is 150 Å². The molecule has 3 aromatic carbocycles. The van der Waals surface area contributed by atoms with Gasteiger partial charge in [-0.25, -0.2) is 14.4 Å². The van der Waals surface area contributed by atoms with Gasteiger partial charge in [-0.3, -0.25) is 4.79 Å². The zero-order chi connectivity index (χ0) is 32.1. The minimum Gasteiger partial charge on any atom is -0.468 e. The lowest BCUT2D eigenvalue weighted by atomic mass is 9.99. The fourth-order valence-corrected chi connectivity index (χ4v) is 4.20. The fourth-order valence-electron chi connectivity index (χ4n) is 4.20. The van der Waals surface area contributed by atoms with Gasteiger partial charge < -0.3 is 39.0 Å². The summed E-state index contributed by atoms with van der Waals surface area (Å²) in [5, 5.41) is 12.8. The van der Waals surface area contributed by atoms with Gasteiger partial charge in [0.05, 0.1) is 18.8 Å². The van der Waals surface area contributed by atoms with E-state index >= 15 is 0 Å². The Labute approximate surface area is 255 Å². The minimum atomic E-state index is -1.53. The van der Waals surface area contributed by atoms with Gasteiger partial charge in [0.15, 0.2) is 18.9 Å². The van der Waals surface area contributed by atoms with Crippen LogP contribution < -0.4 is 10.1 Å². The van der Waals surface area contributed by atoms with Crippen LogP contribution in [0.3, 0.4) is 0 Å². The Kier molecular flexibility index (Phi) is 12.7. The molecule has 12 heteroatoms. The maximum Gasteiger partial charge on any atom is 0.408 e. The van der Waals surface area contributed by atoms with Gasteiger partial charge in [0.1, 0.15) is 18.4 Å². The van der Waals surface area contributed by atoms with Crippen molar-refractivity contribution in [2.75, 3.05) is 28.1 Å². The van der Waals surface area contributed by atoms with Crippen molar-refractivity contribution in [3.8, 4) is 5.75 Å². The number of hydrogen-bond donors (Lipinski definition) is 2. The normalized spacial score (nSPS) is 13.4. The number of methoxy groups -OCH3 is 2. The number of nitrogens with one attached hydrogen (secondary N) is 1. The van der Waals surface area contributed by atoms with Gasteiger partial charge in [0.2, 0.25) is 5.91 Å². The molecule has 3 unspecified atom stereocenters. The standard InChI is InChI=1S/C32H36N2O10/c1-21(35)26(33-32(39)42-19-22-11-7-5-8-12-22)29(36)34(2)27(31(38)41-4)28(44-30(37)24-13-9-6-10-14-24)23-15-17-25(18-16-23)43-20-40-3/h5-18,21,26-28,35H,19-20H2,1-4H3,(H,33,39)/t21?,26-,27?,28?/m0/s1. The highest BCUT2D eigenvalue weighted by molar-refractivity contribution is 5.92. The van der Waals surface area contributed by atoms with Crippen molar-refractivity contribution in [2.24, 2.45) is 0 Å². The van der Waals surface area contributed by atoms with Crippen LogP contribution in [0.4, 0.5) is 4.79 Å². The zero-order valence-electron chi connectivity index (χ0n) is 24.9. The number of amides is 2. The number of ether oxygens (including phenoxy) is 5. The van der Waals surface area contributed by atoms with E-state index in [-0.39, 0.29) is 19.0 Å². The highest BCUT2D eigenvalue weighted by Crippen LogP contribution is 2.29. The molecule has 0 aliphatic carbocycles. The van der Waals surface area contributed by atoms with E-state index in [0.29, 0.717) is 16.9 Å². The molecule has 0 saturated carbocycles. The van der Waals surface area contributed by atoms with Crippen LogP contribution in [0, 0.1) is 0 Å². The molecule has 3 rings (SSSR count). The summed E-state index contributed by atoms with van der Waals surface area (Å²) < 4.78 is 26.4. The summed E-state index contributed by atoms with van der Waals surface area (Å²) in [5.74, 6) is -2.11. The van der Waals surface area contributed by atoms with Crippen LogP contribution >= 0.6 is 0 Å². The summed E-state index contributed by atoms with van der Waals surface area (Å²) in [6.45, 7) is 1.22. The molecule has 2 amide bonds. The Morgan fingerprint density at radius 3 is 2.07 bits per heavy atom. The molecular formula is C32H36N2O10. The molecular weight excluding hydrogens is 572 g/mol. The minimum absolute atomic E-state index is 0.00465. The molecule has 0 heterocycles. The van der Waals surface area contributed by atoms with Crippen molar-refractivity contribution in [3.05, 3.63) is 102 Å². The summed E-state index contributed by atoms with van der Waals surface area (Å²) in [4.78, 5) is 53.7. The summed E-state index contributed by atoms with van der Waals surface area (Å²) in [7, 11) is 3.87. The maximum atomic E-state index is 13.7. The fraction of sp³-hybridized carbons (Fsp3) is 0.312. The molecule has 44 heavy (non-hydrogen) atoms. The highest BCUT2D eigenvalue weighted by atomic mass is 16.7. The number of alkyl carbamates (subject to hydrolysis) is 1. The largest absolute Gasteiger partial charge is 0.468 e. The first-order valence-electron chi connectivity index (χ1n) is 13.6. The molecule has 0 fully saturated rings. The number of aliphatic hydroxyl groups is 1. The first-order valence-corrected chi connectivity index (χ1v) is 13.6. The smallest absolute Gasteiger partial charge is 0.408 e. The molecule has 234 valence electrons. The predicted molar refractivity (Wildman–Crippen MR) is 157 cm³/mol. The Bertz CT molecular complexity index is 1370. The third-order valence-electron chi connectivity index (χ3n) is 6.52. The second-order valence-electron chi connectivity index (χ2n) is 9.65. The van der Waals surface area contributed by atoms with Crippen LogP contribution in [-0.2, 0) is 35.1 Å². The quantitative estimate of drug-likeness (QED) is 0.159. The number of carbonyl (C=O) groups excluding carboxylic acids is 4. The van der Waals surface area contributed by atoms with Crippen LogP contribution in [0.15, 0.2) is 84.9 Å². The van der Waals surface area contributed by atoms with E-state index < -0.39 is 48.2 Å². The lowest BCUT2D eigenvalue weighted by molar-refractivity contribution is -0.158. The molecule has 0 aromatic heterocycles. The predicted octanol–water partition coefficient (Wildman–Crippen LogP) is 3.24. The average molecular weight is 609 g/mol. The molecule has 0 spiro atoms. The van der Waals surface area contributed by atoms with Gasteiger partial charge in [0, 0.05) is 14.2 Å². The van der Waals surface area contributed by atoms with Crippen molar-refractivity contribution >= 4 is 23.9 Å². The maximum absolute atomic E-state index is 13.7. The van der Waals surface area contributed by atoms with Crippen molar-refractivity contribution in [1.82, 2.24) is 10.2 Å². The lowest BCUT2D eigenvalue weighted by Crippen LogP contribution is -2.57. The number of aliphatic hydroxyl groups excluding tert-OH is 1. The molecule has 0 saturated heterocycles. The van der Waals surface area contributed by atoms with Crippen LogP contribution in [0.25, 0.3) is 0 Å². The van der Waals surface area contributed by atoms with Crippen molar-refractivity contribution in [2.45, 2.75) is 37.8 Å². The van der Waals surface area contributed by atoms with E-state index in [9.17, 15) is 24.3 Å². The van der Waals surface area contributed by atoms with Crippen LogP contribution in [0.1, 0.15) is 34.5 Å². The van der Waals surface area contributed by atoms with E-state index in [0.717, 1.165) is 12.0 Å². The SMILES string of the molecule is COCOc1ccc(C(OC(=O)c2ccccc2)C(C(=O)OC)N(C)C(=O)[C@@H](NC(=O)OCc2ccccc2)C(C)O)cc1. The Balaban J connectivity index is 1.91. The number of likely N-dealkylation sites (N-methyl/N-ethyl adjacent to an activating group) is 1. The van der Waals surface area contributed by atoms with Crippen molar-refractivity contribution in [3.63, 3.8) is 0 Å². The first kappa shape index (κ1) is 33.6. The van der Waals surface area contributed by atoms with Gasteiger partial charge in [-0.15, -0.1) is 0 Å². The second kappa shape index (κ2) is 16.6. The summed E-state index contributed by atoms with van der Waals surface area (Å²) in [6.07, 6.45) is -3.73. The molecule has 12 nitrogen and oxygen atoms in total. The van der Waals surface area contributed by atoms with Gasteiger partial charge >= 0.3 is 18.0 Å². The Morgan fingerprint density at radius 2 is 1.50 bits per heavy atom. The van der Waals surface area contributed by atoms with E-state index in [4.69, 9.17) is 23.7 Å². The molecule has 0 bridgehead atoms. The van der Waals surface area contributed by atoms with Gasteiger partial charge in [-0.1, -0.05) is 60.7 Å². The van der Waals surface area contributed by atoms with E-state index in [1.807, 2.05) is 6.07 Å². The highest BCUT2D eigenvalue weighted by Gasteiger charge is 2.42. The summed E-state index contributed by atoms with van der Waals surface area (Å²) in [5.41, 5.74) is 1.25. The molecule has 0 aliphatic rings. The average Bonchev–Trinajstić information content (AvgIpc) is 3.05. The third-order valence-corrected chi connectivity index (χ3v) is 6.52. The molecule has 0 radical (unpaired) electrons. The molecule has 2 N–H and O–H groups in total. The summed E-state index contributed by atoms with van der Waals surface area (Å²) >= 11 is 0. The molecule has 3 aromatic rings. The summed E-state index contributed by atoms with van der Waals surface area (Å²) in [6, 6.07) is 20.2. The van der Waals surface area contributed by atoms with E-state index in [1.54, 1.807) is 66.7 Å². The monoisotopic (exact) mass is 608 g/mol. The van der Waals surface area contributed by atoms with Gasteiger partial charge in [-0.2, -0.15) is 0 Å². The zero-order valence-corrected chi connectivity index (χ0v) is 24.9. The van der Waals surface area contributed by atoms with Crippen molar-refractivity contribution < 1.29 is 48.0 Å². The van der Waals surface area contributed by atoms with Crippen molar-refractivity contribution in [1.29, 1.82) is 0 Å². The molecule has 0 aliphatic heterocycles. The Hall–Kier alpha value is -4.94. The first-order chi connectivity index (χ1) is 21.2. The number of carbonyl (C=O) groups is 4. The van der Waals surface area contributed by atoms with E-state index in [2.05, 4.69) is 5.32 Å². The number of esters is 2. The van der Waals surface area contributed by atoms with Gasteiger partial charge in [-0.05, 0) is 42.3 Å². The number of benzene rings is 3. The number of nitrogens with zero attached hydrogens (tertiary/aromatic N) is 1. The number of hydrogen-bond acceptors (Lipinski definition) is 10. The lowest BCUT2D eigenvalue weighted by Gasteiger charge is -2.35. The second-order valence-corrected chi connectivity index (χ2v) is 9.65. The Morgan fingerprint density at radius 1 is 0.886 bits per heavy atom. The van der Waals surface area contributed by atoms with Crippen LogP contribution in [-0.4, -0.2) is 80.2 Å².